The molecule has 1 nitrogen and oxygen atoms in total. The average Bonchev–Trinajstić information content (AvgIpc) is 1.85. The summed E-state index contributed by atoms with van der Waals surface area (Å²) in [4.78, 5) is 0. The van der Waals surface area contributed by atoms with E-state index in [9.17, 15) is 17.6 Å². The monoisotopic (exact) mass is 188 g/mol. The molecule has 1 atom stereocenters. The molecule has 0 fully saturated rings. The molecule has 0 spiro atoms. The second-order valence-corrected chi connectivity index (χ2v) is 3.54. The van der Waals surface area contributed by atoms with E-state index in [2.05, 4.69) is 0 Å². The number of alkyl halides is 4. The summed E-state index contributed by atoms with van der Waals surface area (Å²) in [5.41, 5.74) is -1.02. The van der Waals surface area contributed by atoms with E-state index in [1.165, 1.54) is 13.8 Å². The summed E-state index contributed by atoms with van der Waals surface area (Å²) in [5.74, 6) is 0. The standard InChI is InChI=1S/C7H12F4O/c1-6(2,4-12)3-5(8)7(9,10)11/h5,12H,3-4H2,1-2H3. The van der Waals surface area contributed by atoms with Gasteiger partial charge in [0.25, 0.3) is 0 Å². The molecule has 12 heavy (non-hydrogen) atoms. The van der Waals surface area contributed by atoms with E-state index in [-0.39, 0.29) is 0 Å². The Morgan fingerprint density at radius 1 is 1.25 bits per heavy atom. The van der Waals surface area contributed by atoms with Crippen molar-refractivity contribution in [2.45, 2.75) is 32.6 Å². The zero-order chi connectivity index (χ0) is 9.99. The van der Waals surface area contributed by atoms with Crippen molar-refractivity contribution in [2.24, 2.45) is 5.41 Å². The third kappa shape index (κ3) is 3.90. The summed E-state index contributed by atoms with van der Waals surface area (Å²) < 4.78 is 47.3. The van der Waals surface area contributed by atoms with Crippen LogP contribution in [0.3, 0.4) is 0 Å². The Morgan fingerprint density at radius 3 is 1.92 bits per heavy atom. The number of rotatable bonds is 3. The SMILES string of the molecule is CC(C)(CO)CC(F)C(F)(F)F. The fourth-order valence-corrected chi connectivity index (χ4v) is 0.665. The van der Waals surface area contributed by atoms with Crippen LogP contribution in [-0.2, 0) is 0 Å². The van der Waals surface area contributed by atoms with Crippen LogP contribution in [0.2, 0.25) is 0 Å². The minimum atomic E-state index is -4.81. The van der Waals surface area contributed by atoms with Crippen molar-refractivity contribution in [3.8, 4) is 0 Å². The topological polar surface area (TPSA) is 20.2 Å². The van der Waals surface area contributed by atoms with Gasteiger partial charge in [0.05, 0.1) is 0 Å². The zero-order valence-corrected chi connectivity index (χ0v) is 6.95. The summed E-state index contributed by atoms with van der Waals surface area (Å²) in [5, 5.41) is 8.57. The molecule has 0 heterocycles. The summed E-state index contributed by atoms with van der Waals surface area (Å²) in [6.45, 7) is 2.31. The molecular weight excluding hydrogens is 176 g/mol. The van der Waals surface area contributed by atoms with Crippen LogP contribution in [0.25, 0.3) is 0 Å². The zero-order valence-electron chi connectivity index (χ0n) is 6.95. The number of hydrogen-bond acceptors (Lipinski definition) is 1. The molecule has 0 aromatic rings. The molecule has 74 valence electrons. The highest BCUT2D eigenvalue weighted by Crippen LogP contribution is 2.32. The van der Waals surface area contributed by atoms with Gasteiger partial charge in [0.15, 0.2) is 6.17 Å². The first-order valence-electron chi connectivity index (χ1n) is 3.51. The highest BCUT2D eigenvalue weighted by Gasteiger charge is 2.42. The van der Waals surface area contributed by atoms with Crippen LogP contribution in [0.1, 0.15) is 20.3 Å². The molecule has 0 saturated carbocycles. The van der Waals surface area contributed by atoms with E-state index in [4.69, 9.17) is 5.11 Å². The molecule has 0 radical (unpaired) electrons. The van der Waals surface area contributed by atoms with Crippen LogP contribution in [0.15, 0.2) is 0 Å². The Bertz CT molecular complexity index is 141. The summed E-state index contributed by atoms with van der Waals surface area (Å²) >= 11 is 0. The number of aliphatic hydroxyl groups excluding tert-OH is 1. The third-order valence-electron chi connectivity index (χ3n) is 1.52. The van der Waals surface area contributed by atoms with Gasteiger partial charge < -0.3 is 5.11 Å². The Kier molecular flexibility index (Phi) is 3.50. The lowest BCUT2D eigenvalue weighted by atomic mass is 9.88. The molecule has 1 unspecified atom stereocenters. The molecule has 0 bridgehead atoms. The summed E-state index contributed by atoms with van der Waals surface area (Å²) in [7, 11) is 0. The second-order valence-electron chi connectivity index (χ2n) is 3.54. The van der Waals surface area contributed by atoms with E-state index in [0.29, 0.717) is 0 Å². The molecule has 1 N–H and O–H groups in total. The van der Waals surface area contributed by atoms with Crippen LogP contribution in [0.4, 0.5) is 17.6 Å². The van der Waals surface area contributed by atoms with E-state index in [1.54, 1.807) is 0 Å². The number of hydrogen-bond donors (Lipinski definition) is 1. The van der Waals surface area contributed by atoms with Gasteiger partial charge in [0.1, 0.15) is 0 Å². The number of aliphatic hydroxyl groups is 1. The first kappa shape index (κ1) is 11.7. The smallest absolute Gasteiger partial charge is 0.396 e. The van der Waals surface area contributed by atoms with Crippen LogP contribution in [0, 0.1) is 5.41 Å². The predicted molar refractivity (Wildman–Crippen MR) is 36.4 cm³/mol. The van der Waals surface area contributed by atoms with Crippen molar-refractivity contribution in [3.05, 3.63) is 0 Å². The van der Waals surface area contributed by atoms with E-state index >= 15 is 0 Å². The molecule has 0 saturated heterocycles. The molecular formula is C7H12F4O. The molecule has 0 amide bonds. The Balaban J connectivity index is 4.09. The molecule has 0 rings (SSSR count). The lowest BCUT2D eigenvalue weighted by Crippen LogP contribution is -2.31. The normalized spacial score (nSPS) is 16.2. The van der Waals surface area contributed by atoms with Gasteiger partial charge in [0.2, 0.25) is 0 Å². The van der Waals surface area contributed by atoms with Gasteiger partial charge in [-0.05, 0) is 11.8 Å². The maximum absolute atomic E-state index is 12.4. The van der Waals surface area contributed by atoms with Gasteiger partial charge in [-0.25, -0.2) is 4.39 Å². The third-order valence-corrected chi connectivity index (χ3v) is 1.52. The van der Waals surface area contributed by atoms with Gasteiger partial charge in [-0.3, -0.25) is 0 Å². The number of halogens is 4. The van der Waals surface area contributed by atoms with Crippen molar-refractivity contribution in [1.82, 2.24) is 0 Å². The maximum atomic E-state index is 12.4. The highest BCUT2D eigenvalue weighted by atomic mass is 19.4. The predicted octanol–water partition coefficient (Wildman–Crippen LogP) is 2.30. The lowest BCUT2D eigenvalue weighted by molar-refractivity contribution is -0.188. The van der Waals surface area contributed by atoms with E-state index in [1.807, 2.05) is 0 Å². The Morgan fingerprint density at radius 2 is 1.67 bits per heavy atom. The van der Waals surface area contributed by atoms with Gasteiger partial charge in [-0.2, -0.15) is 13.2 Å². The first-order chi connectivity index (χ1) is 5.19. The van der Waals surface area contributed by atoms with Crippen molar-refractivity contribution < 1.29 is 22.7 Å². The molecule has 0 aliphatic carbocycles. The van der Waals surface area contributed by atoms with Gasteiger partial charge in [-0.15, -0.1) is 0 Å². The van der Waals surface area contributed by atoms with Crippen LogP contribution >= 0.6 is 0 Å². The Hall–Kier alpha value is -0.320. The first-order valence-corrected chi connectivity index (χ1v) is 3.51. The molecule has 0 aromatic carbocycles. The van der Waals surface area contributed by atoms with Crippen LogP contribution < -0.4 is 0 Å². The van der Waals surface area contributed by atoms with E-state index < -0.39 is 30.8 Å². The fraction of sp³-hybridized carbons (Fsp3) is 1.00. The van der Waals surface area contributed by atoms with Gasteiger partial charge in [-0.1, -0.05) is 13.8 Å². The van der Waals surface area contributed by atoms with Crippen molar-refractivity contribution in [3.63, 3.8) is 0 Å². The molecule has 0 aromatic heterocycles. The lowest BCUT2D eigenvalue weighted by Gasteiger charge is -2.24. The highest BCUT2D eigenvalue weighted by molar-refractivity contribution is 4.76. The minimum absolute atomic E-state index is 0.455. The Labute approximate surface area is 68.4 Å². The molecule has 0 aliphatic heterocycles. The van der Waals surface area contributed by atoms with Crippen molar-refractivity contribution >= 4 is 0 Å². The average molecular weight is 188 g/mol. The summed E-state index contributed by atoms with van der Waals surface area (Å²) in [6, 6.07) is 0. The van der Waals surface area contributed by atoms with Crippen molar-refractivity contribution in [2.75, 3.05) is 6.61 Å². The van der Waals surface area contributed by atoms with Gasteiger partial charge >= 0.3 is 6.18 Å². The second kappa shape index (κ2) is 3.60. The fourth-order valence-electron chi connectivity index (χ4n) is 0.665. The maximum Gasteiger partial charge on any atom is 0.419 e. The van der Waals surface area contributed by atoms with Crippen molar-refractivity contribution in [1.29, 1.82) is 0 Å². The largest absolute Gasteiger partial charge is 0.419 e. The van der Waals surface area contributed by atoms with Gasteiger partial charge in [0, 0.05) is 6.61 Å². The molecule has 0 aliphatic rings. The minimum Gasteiger partial charge on any atom is -0.396 e. The molecule has 5 heteroatoms. The van der Waals surface area contributed by atoms with E-state index in [0.717, 1.165) is 0 Å². The summed E-state index contributed by atoms with van der Waals surface area (Å²) in [6.07, 6.45) is -8.36. The quantitative estimate of drug-likeness (QED) is 0.674. The van der Waals surface area contributed by atoms with Crippen LogP contribution in [-0.4, -0.2) is 24.1 Å². The van der Waals surface area contributed by atoms with Crippen LogP contribution in [0.5, 0.6) is 0 Å².